The Labute approximate surface area is 154 Å². The first kappa shape index (κ1) is 20.4. The number of hydrogen-bond acceptors (Lipinski definition) is 3. The Morgan fingerprint density at radius 2 is 1.88 bits per heavy atom. The molecule has 0 aliphatic carbocycles. The average Bonchev–Trinajstić information content (AvgIpc) is 2.87. The highest BCUT2D eigenvalue weighted by Crippen LogP contribution is 2.45. The fourth-order valence-corrected chi connectivity index (χ4v) is 5.45. The molecule has 2 unspecified atom stereocenters. The van der Waals surface area contributed by atoms with Gasteiger partial charge in [-0.15, -0.1) is 0 Å². The molecular formula is C21H34O3Si. The summed E-state index contributed by atoms with van der Waals surface area (Å²) in [6, 6.07) is 7.90. The van der Waals surface area contributed by atoms with Crippen LogP contribution in [-0.4, -0.2) is 20.0 Å². The van der Waals surface area contributed by atoms with E-state index >= 15 is 0 Å². The summed E-state index contributed by atoms with van der Waals surface area (Å²) >= 11 is 0. The molecule has 1 N–H and O–H groups in total. The molecule has 2 rings (SSSR count). The summed E-state index contributed by atoms with van der Waals surface area (Å²) in [4.78, 5) is 0. The molecule has 0 aromatic heterocycles. The van der Waals surface area contributed by atoms with E-state index in [9.17, 15) is 5.11 Å². The smallest absolute Gasteiger partial charge is 0.193 e. The summed E-state index contributed by atoms with van der Waals surface area (Å²) in [5.74, 6) is 0.590. The van der Waals surface area contributed by atoms with Gasteiger partial charge in [0.2, 0.25) is 0 Å². The molecule has 1 aliphatic heterocycles. The molecular weight excluding hydrogens is 328 g/mol. The SMILES string of the molecule is C=C(CCC1OC(O)c2ccccc21)CO[Si](C)(C)C(C)(C)C(C)C. The van der Waals surface area contributed by atoms with Crippen LogP contribution in [0.5, 0.6) is 0 Å². The molecule has 25 heavy (non-hydrogen) atoms. The topological polar surface area (TPSA) is 38.7 Å². The van der Waals surface area contributed by atoms with Gasteiger partial charge in [0.25, 0.3) is 0 Å². The Hall–Kier alpha value is -0.943. The van der Waals surface area contributed by atoms with Crippen LogP contribution in [0, 0.1) is 5.92 Å². The van der Waals surface area contributed by atoms with Crippen molar-refractivity contribution >= 4 is 8.32 Å². The van der Waals surface area contributed by atoms with Gasteiger partial charge in [-0.2, -0.15) is 0 Å². The zero-order chi connectivity index (χ0) is 18.8. The van der Waals surface area contributed by atoms with E-state index in [2.05, 4.69) is 47.4 Å². The van der Waals surface area contributed by atoms with Crippen molar-refractivity contribution in [3.8, 4) is 0 Å². The van der Waals surface area contributed by atoms with Crippen LogP contribution in [0.15, 0.2) is 36.4 Å². The fraction of sp³-hybridized carbons (Fsp3) is 0.619. The lowest BCUT2D eigenvalue weighted by atomic mass is 9.99. The van der Waals surface area contributed by atoms with Gasteiger partial charge in [-0.1, -0.05) is 64.1 Å². The van der Waals surface area contributed by atoms with Crippen molar-refractivity contribution in [1.82, 2.24) is 0 Å². The minimum absolute atomic E-state index is 0.0553. The lowest BCUT2D eigenvalue weighted by molar-refractivity contribution is -0.122. The van der Waals surface area contributed by atoms with Crippen molar-refractivity contribution in [1.29, 1.82) is 0 Å². The van der Waals surface area contributed by atoms with Crippen LogP contribution in [0.4, 0.5) is 0 Å². The first-order valence-corrected chi connectivity index (χ1v) is 12.2. The van der Waals surface area contributed by atoms with E-state index in [1.807, 2.05) is 24.3 Å². The summed E-state index contributed by atoms with van der Waals surface area (Å²) in [5.41, 5.74) is 3.09. The normalized spacial score (nSPS) is 20.8. The van der Waals surface area contributed by atoms with Crippen LogP contribution < -0.4 is 0 Å². The van der Waals surface area contributed by atoms with Crippen LogP contribution >= 0.6 is 0 Å². The highest BCUT2D eigenvalue weighted by Gasteiger charge is 2.43. The molecule has 140 valence electrons. The third-order valence-corrected chi connectivity index (χ3v) is 10.8. The molecule has 1 aliphatic rings. The van der Waals surface area contributed by atoms with Crippen molar-refractivity contribution in [3.05, 3.63) is 47.5 Å². The van der Waals surface area contributed by atoms with Gasteiger partial charge in [-0.05, 0) is 42.5 Å². The summed E-state index contributed by atoms with van der Waals surface area (Å²) in [7, 11) is -1.82. The summed E-state index contributed by atoms with van der Waals surface area (Å²) in [6.07, 6.45) is 0.814. The highest BCUT2D eigenvalue weighted by atomic mass is 28.4. The molecule has 1 heterocycles. The van der Waals surface area contributed by atoms with Gasteiger partial charge in [-0.25, -0.2) is 0 Å². The largest absolute Gasteiger partial charge is 0.413 e. The summed E-state index contributed by atoms with van der Waals surface area (Å²) in [6.45, 7) is 18.6. The van der Waals surface area contributed by atoms with Crippen LogP contribution in [0.25, 0.3) is 0 Å². The summed E-state index contributed by atoms with van der Waals surface area (Å²) < 4.78 is 12.1. The molecule has 0 radical (unpaired) electrons. The van der Waals surface area contributed by atoms with Crippen molar-refractivity contribution in [2.45, 2.75) is 71.1 Å². The Morgan fingerprint density at radius 3 is 2.48 bits per heavy atom. The van der Waals surface area contributed by atoms with Crippen molar-refractivity contribution < 1.29 is 14.3 Å². The zero-order valence-electron chi connectivity index (χ0n) is 16.6. The van der Waals surface area contributed by atoms with E-state index in [1.54, 1.807) is 0 Å². The van der Waals surface area contributed by atoms with Gasteiger partial charge in [0.05, 0.1) is 12.7 Å². The number of hydrogen-bond donors (Lipinski definition) is 1. The molecule has 0 saturated carbocycles. The molecule has 2 atom stereocenters. The van der Waals surface area contributed by atoms with Crippen molar-refractivity contribution in [2.75, 3.05) is 6.61 Å². The molecule has 4 heteroatoms. The Balaban J connectivity index is 1.86. The number of benzene rings is 1. The number of rotatable bonds is 8. The number of aliphatic hydroxyl groups is 1. The quantitative estimate of drug-likeness (QED) is 0.473. The minimum atomic E-state index is -1.82. The number of ether oxygens (including phenoxy) is 1. The molecule has 0 spiro atoms. The van der Waals surface area contributed by atoms with Gasteiger partial charge in [0, 0.05) is 5.56 Å². The van der Waals surface area contributed by atoms with Gasteiger partial charge in [-0.3, -0.25) is 0 Å². The van der Waals surface area contributed by atoms with Gasteiger partial charge < -0.3 is 14.3 Å². The molecule has 0 bridgehead atoms. The number of fused-ring (bicyclic) bond motifs is 1. The first-order valence-electron chi connectivity index (χ1n) is 9.29. The molecule has 1 aromatic rings. The molecule has 0 saturated heterocycles. The number of aliphatic hydroxyl groups excluding tert-OH is 1. The second-order valence-electron chi connectivity index (χ2n) is 8.57. The summed E-state index contributed by atoms with van der Waals surface area (Å²) in [5, 5.41) is 10.2. The van der Waals surface area contributed by atoms with E-state index < -0.39 is 14.6 Å². The van der Waals surface area contributed by atoms with Crippen LogP contribution in [0.3, 0.4) is 0 Å². The Bertz CT molecular complexity index is 607. The van der Waals surface area contributed by atoms with Crippen LogP contribution in [0.1, 0.15) is 64.1 Å². The lowest BCUT2D eigenvalue weighted by Crippen LogP contribution is -2.45. The van der Waals surface area contributed by atoms with E-state index in [4.69, 9.17) is 9.16 Å². The monoisotopic (exact) mass is 362 g/mol. The maximum absolute atomic E-state index is 10.0. The fourth-order valence-electron chi connectivity index (χ4n) is 3.13. The van der Waals surface area contributed by atoms with Gasteiger partial charge >= 0.3 is 0 Å². The van der Waals surface area contributed by atoms with Crippen LogP contribution in [0.2, 0.25) is 18.1 Å². The third kappa shape index (κ3) is 4.43. The second-order valence-corrected chi connectivity index (χ2v) is 13.2. The third-order valence-electron chi connectivity index (χ3n) is 6.29. The predicted molar refractivity (Wildman–Crippen MR) is 106 cm³/mol. The molecule has 1 aromatic carbocycles. The molecule has 3 nitrogen and oxygen atoms in total. The van der Waals surface area contributed by atoms with E-state index in [-0.39, 0.29) is 11.1 Å². The predicted octanol–water partition coefficient (Wildman–Crippen LogP) is 5.74. The van der Waals surface area contributed by atoms with E-state index in [0.717, 1.165) is 29.5 Å². The van der Waals surface area contributed by atoms with E-state index in [1.165, 1.54) is 0 Å². The van der Waals surface area contributed by atoms with Gasteiger partial charge in [0.1, 0.15) is 0 Å². The lowest BCUT2D eigenvalue weighted by Gasteiger charge is -2.42. The van der Waals surface area contributed by atoms with Crippen molar-refractivity contribution in [3.63, 3.8) is 0 Å². The maximum Gasteiger partial charge on any atom is 0.193 e. The minimum Gasteiger partial charge on any atom is -0.413 e. The first-order chi connectivity index (χ1) is 11.6. The second kappa shape index (κ2) is 7.75. The Morgan fingerprint density at radius 1 is 1.28 bits per heavy atom. The van der Waals surface area contributed by atoms with Gasteiger partial charge in [0.15, 0.2) is 14.6 Å². The van der Waals surface area contributed by atoms with Crippen molar-refractivity contribution in [2.24, 2.45) is 5.92 Å². The molecule has 0 fully saturated rings. The van der Waals surface area contributed by atoms with Crippen LogP contribution in [-0.2, 0) is 9.16 Å². The zero-order valence-corrected chi connectivity index (χ0v) is 17.6. The standard InChI is InChI=1S/C21H34O3Si/c1-15(2)21(4,5)25(6,7)23-14-16(3)12-13-19-17-10-8-9-11-18(17)20(22)24-19/h8-11,15,19-20,22H,3,12-14H2,1-2,4-7H3. The highest BCUT2D eigenvalue weighted by molar-refractivity contribution is 6.74. The molecule has 0 amide bonds. The maximum atomic E-state index is 10.0. The Kier molecular flexibility index (Phi) is 6.31. The average molecular weight is 363 g/mol. The van der Waals surface area contributed by atoms with E-state index in [0.29, 0.717) is 12.5 Å².